The summed E-state index contributed by atoms with van der Waals surface area (Å²) in [5, 5.41) is 0.494. The molecule has 0 bridgehead atoms. The van der Waals surface area contributed by atoms with Gasteiger partial charge < -0.3 is 0 Å². The summed E-state index contributed by atoms with van der Waals surface area (Å²) in [5.41, 5.74) is 0. The molecule has 1 fully saturated rings. The molecule has 2 rings (SSSR count). The number of halogens is 2. The van der Waals surface area contributed by atoms with Crippen molar-refractivity contribution in [1.29, 1.82) is 0 Å². The van der Waals surface area contributed by atoms with Crippen molar-refractivity contribution >= 4 is 62.8 Å². The van der Waals surface area contributed by atoms with Crippen LogP contribution in [0.1, 0.15) is 13.3 Å². The van der Waals surface area contributed by atoms with Gasteiger partial charge in [-0.15, -0.1) is 0 Å². The zero-order valence-electron chi connectivity index (χ0n) is 10.2. The van der Waals surface area contributed by atoms with Crippen molar-refractivity contribution in [3.05, 3.63) is 20.9 Å². The van der Waals surface area contributed by atoms with Gasteiger partial charge in [0, 0.05) is 25.6 Å². The lowest BCUT2D eigenvalue weighted by Crippen LogP contribution is -2.25. The summed E-state index contributed by atoms with van der Waals surface area (Å²) >= 11 is 9.34. The fraction of sp³-hybridized carbons (Fsp3) is 0.417. The molecule has 4 nitrogen and oxygen atoms in total. The number of aromatic nitrogens is 1. The van der Waals surface area contributed by atoms with Crippen LogP contribution in [0.3, 0.4) is 0 Å². The number of nitrogens with zero attached hydrogens (tertiary/aromatic N) is 2. The molecule has 1 aliphatic heterocycles. The molecule has 7 heteroatoms. The molecule has 0 saturated carbocycles. The van der Waals surface area contributed by atoms with Crippen molar-refractivity contribution < 1.29 is 9.59 Å². The number of anilines is 1. The van der Waals surface area contributed by atoms with Crippen LogP contribution >= 0.6 is 46.0 Å². The van der Waals surface area contributed by atoms with Crippen LogP contribution in [-0.2, 0) is 9.59 Å². The Labute approximate surface area is 134 Å². The molecule has 1 saturated heterocycles. The number of rotatable bonds is 3. The van der Waals surface area contributed by atoms with Gasteiger partial charge in [0.05, 0.1) is 3.57 Å². The second-order valence-corrected chi connectivity index (χ2v) is 7.04. The minimum absolute atomic E-state index is 0.0407. The number of amides is 1. The number of hydrogen-bond acceptors (Lipinski definition) is 4. The van der Waals surface area contributed by atoms with Crippen LogP contribution in [0.15, 0.2) is 12.1 Å². The predicted octanol–water partition coefficient (Wildman–Crippen LogP) is 2.97. The molecule has 0 aliphatic carbocycles. The smallest absolute Gasteiger partial charge is 0.228 e. The summed E-state index contributed by atoms with van der Waals surface area (Å²) < 4.78 is 0.860. The third-order valence-electron chi connectivity index (χ3n) is 2.79. The fourth-order valence-electron chi connectivity index (χ4n) is 1.91. The van der Waals surface area contributed by atoms with Crippen LogP contribution in [0.2, 0.25) is 5.15 Å². The highest BCUT2D eigenvalue weighted by atomic mass is 127. The van der Waals surface area contributed by atoms with Crippen molar-refractivity contribution in [2.45, 2.75) is 13.3 Å². The fourth-order valence-corrected chi connectivity index (χ4v) is 3.05. The lowest BCUT2D eigenvalue weighted by molar-refractivity contribution is -0.117. The van der Waals surface area contributed by atoms with Gasteiger partial charge in [0.25, 0.3) is 0 Å². The van der Waals surface area contributed by atoms with E-state index in [1.54, 1.807) is 17.9 Å². The van der Waals surface area contributed by atoms with E-state index in [0.29, 0.717) is 29.7 Å². The lowest BCUT2D eigenvalue weighted by atomic mass is 10.1. The topological polar surface area (TPSA) is 50.3 Å². The van der Waals surface area contributed by atoms with Crippen molar-refractivity contribution in [3.63, 3.8) is 0 Å². The van der Waals surface area contributed by atoms with Gasteiger partial charge in [-0.05, 0) is 40.6 Å². The molecule has 1 aliphatic rings. The number of carbonyl (C=O) groups is 2. The Bertz CT molecular complexity index is 526. The summed E-state index contributed by atoms with van der Waals surface area (Å²) in [5.74, 6) is 1.50. The van der Waals surface area contributed by atoms with E-state index in [1.165, 1.54) is 11.8 Å². The SMILES string of the molecule is CC(=O)SCC1CC(=O)N(c2ccc(I)c(Cl)n2)C1. The molecular weight excluding hydrogens is 399 g/mol. The highest BCUT2D eigenvalue weighted by Gasteiger charge is 2.31. The van der Waals surface area contributed by atoms with Crippen molar-refractivity contribution in [2.75, 3.05) is 17.2 Å². The Kier molecular flexibility index (Phi) is 5.08. The van der Waals surface area contributed by atoms with Crippen LogP contribution in [0.4, 0.5) is 5.82 Å². The molecule has 0 spiro atoms. The molecule has 2 heterocycles. The van der Waals surface area contributed by atoms with Crippen LogP contribution in [-0.4, -0.2) is 28.3 Å². The van der Waals surface area contributed by atoms with E-state index in [4.69, 9.17) is 11.6 Å². The molecule has 1 unspecified atom stereocenters. The monoisotopic (exact) mass is 410 g/mol. The minimum atomic E-state index is 0.0407. The number of carbonyl (C=O) groups excluding carboxylic acids is 2. The highest BCUT2D eigenvalue weighted by Crippen LogP contribution is 2.28. The Morgan fingerprint density at radius 2 is 2.37 bits per heavy atom. The first kappa shape index (κ1) is 15.1. The van der Waals surface area contributed by atoms with Crippen LogP contribution in [0, 0.1) is 9.49 Å². The normalized spacial score (nSPS) is 19.0. The first-order valence-corrected chi connectivity index (χ1v) is 8.17. The summed E-state index contributed by atoms with van der Waals surface area (Å²) in [6.07, 6.45) is 0.464. The second-order valence-electron chi connectivity index (χ2n) is 4.32. The summed E-state index contributed by atoms with van der Waals surface area (Å²) in [4.78, 5) is 28.8. The molecule has 102 valence electrons. The molecule has 1 atom stereocenters. The molecular formula is C12H12ClIN2O2S. The Morgan fingerprint density at radius 1 is 1.63 bits per heavy atom. The molecule has 0 radical (unpaired) electrons. The van der Waals surface area contributed by atoms with Crippen molar-refractivity contribution in [1.82, 2.24) is 4.98 Å². The van der Waals surface area contributed by atoms with E-state index in [1.807, 2.05) is 6.07 Å². The van der Waals surface area contributed by atoms with E-state index < -0.39 is 0 Å². The van der Waals surface area contributed by atoms with E-state index in [9.17, 15) is 9.59 Å². The summed E-state index contributed by atoms with van der Waals surface area (Å²) in [6, 6.07) is 3.64. The molecule has 0 aromatic carbocycles. The van der Waals surface area contributed by atoms with Gasteiger partial charge in [0.1, 0.15) is 11.0 Å². The maximum Gasteiger partial charge on any atom is 0.228 e. The van der Waals surface area contributed by atoms with Crippen LogP contribution < -0.4 is 4.90 Å². The van der Waals surface area contributed by atoms with E-state index in [-0.39, 0.29) is 16.9 Å². The van der Waals surface area contributed by atoms with Crippen molar-refractivity contribution in [3.8, 4) is 0 Å². The quantitative estimate of drug-likeness (QED) is 0.568. The number of hydrogen-bond donors (Lipinski definition) is 0. The van der Waals surface area contributed by atoms with Gasteiger partial charge >= 0.3 is 0 Å². The molecule has 1 aromatic heterocycles. The number of pyridine rings is 1. The Balaban J connectivity index is 2.07. The zero-order valence-corrected chi connectivity index (χ0v) is 14.0. The standard InChI is InChI=1S/C12H12ClIN2O2S/c1-7(17)19-6-8-4-11(18)16(5-8)10-3-2-9(14)12(13)15-10/h2-3,8H,4-6H2,1H3. The first-order valence-electron chi connectivity index (χ1n) is 5.73. The Hall–Kier alpha value is -0.340. The van der Waals surface area contributed by atoms with Gasteiger partial charge in [-0.3, -0.25) is 14.5 Å². The van der Waals surface area contributed by atoms with E-state index >= 15 is 0 Å². The van der Waals surface area contributed by atoms with Gasteiger partial charge in [-0.25, -0.2) is 4.98 Å². The van der Waals surface area contributed by atoms with Gasteiger partial charge in [0.15, 0.2) is 5.12 Å². The first-order chi connectivity index (χ1) is 8.97. The third-order valence-corrected chi connectivity index (χ3v) is 5.31. The largest absolute Gasteiger partial charge is 0.296 e. The molecule has 1 amide bonds. The van der Waals surface area contributed by atoms with E-state index in [2.05, 4.69) is 27.6 Å². The minimum Gasteiger partial charge on any atom is -0.296 e. The van der Waals surface area contributed by atoms with Crippen molar-refractivity contribution in [2.24, 2.45) is 5.92 Å². The molecule has 19 heavy (non-hydrogen) atoms. The van der Waals surface area contributed by atoms with E-state index in [0.717, 1.165) is 3.57 Å². The maximum absolute atomic E-state index is 12.0. The summed E-state index contributed by atoms with van der Waals surface area (Å²) in [7, 11) is 0. The van der Waals surface area contributed by atoms with Crippen LogP contribution in [0.5, 0.6) is 0 Å². The number of thioether (sulfide) groups is 1. The Morgan fingerprint density at radius 3 is 3.00 bits per heavy atom. The van der Waals surface area contributed by atoms with Gasteiger partial charge in [0.2, 0.25) is 5.91 Å². The molecule has 0 N–H and O–H groups in total. The zero-order chi connectivity index (χ0) is 14.0. The lowest BCUT2D eigenvalue weighted by Gasteiger charge is -2.15. The molecule has 1 aromatic rings. The third kappa shape index (κ3) is 3.82. The van der Waals surface area contributed by atoms with Gasteiger partial charge in [-0.1, -0.05) is 23.4 Å². The second kappa shape index (κ2) is 6.41. The average Bonchev–Trinajstić information content (AvgIpc) is 2.72. The highest BCUT2D eigenvalue weighted by molar-refractivity contribution is 14.1. The maximum atomic E-state index is 12.0. The summed E-state index contributed by atoms with van der Waals surface area (Å²) in [6.45, 7) is 2.14. The van der Waals surface area contributed by atoms with Gasteiger partial charge in [-0.2, -0.15) is 0 Å². The predicted molar refractivity (Wildman–Crippen MR) is 85.6 cm³/mol. The van der Waals surface area contributed by atoms with Crippen LogP contribution in [0.25, 0.3) is 0 Å². The average molecular weight is 411 g/mol.